The van der Waals surface area contributed by atoms with Crippen molar-refractivity contribution in [3.05, 3.63) is 28.6 Å². The second kappa shape index (κ2) is 5.09. The lowest BCUT2D eigenvalue weighted by molar-refractivity contribution is -0.119. The number of benzene rings is 1. The van der Waals surface area contributed by atoms with Gasteiger partial charge in [-0.05, 0) is 25.3 Å². The van der Waals surface area contributed by atoms with Crippen molar-refractivity contribution in [3.63, 3.8) is 0 Å². The number of amides is 1. The number of carbonyl (C=O) groups is 1. The minimum atomic E-state index is -0.611. The van der Waals surface area contributed by atoms with Crippen molar-refractivity contribution in [2.45, 2.75) is 32.7 Å². The molecule has 1 aliphatic rings. The summed E-state index contributed by atoms with van der Waals surface area (Å²) in [7, 11) is 0. The predicted octanol–water partition coefficient (Wildman–Crippen LogP) is 3.23. The lowest BCUT2D eigenvalue weighted by atomic mass is 10.3. The molecule has 1 aliphatic carbocycles. The van der Waals surface area contributed by atoms with Gasteiger partial charge < -0.3 is 4.57 Å². The number of rotatable bonds is 3. The van der Waals surface area contributed by atoms with Gasteiger partial charge in [-0.3, -0.25) is 4.79 Å². The number of aryl methyl sites for hydroxylation is 1. The second-order valence-corrected chi connectivity index (χ2v) is 6.00. The molecule has 3 rings (SSSR count). The van der Waals surface area contributed by atoms with Crippen molar-refractivity contribution in [1.82, 2.24) is 4.57 Å². The van der Waals surface area contributed by atoms with Crippen LogP contribution in [-0.2, 0) is 11.3 Å². The fraction of sp³-hybridized carbons (Fsp3) is 0.429. The van der Waals surface area contributed by atoms with Crippen LogP contribution in [0, 0.1) is 17.6 Å². The third kappa shape index (κ3) is 2.40. The molecule has 1 heterocycles. The Kier molecular flexibility index (Phi) is 3.41. The summed E-state index contributed by atoms with van der Waals surface area (Å²) in [6, 6.07) is 2.16. The zero-order valence-corrected chi connectivity index (χ0v) is 11.8. The van der Waals surface area contributed by atoms with Crippen LogP contribution in [-0.4, -0.2) is 10.5 Å². The summed E-state index contributed by atoms with van der Waals surface area (Å²) < 4.78 is 29.4. The van der Waals surface area contributed by atoms with Crippen LogP contribution < -0.4 is 4.80 Å². The maximum absolute atomic E-state index is 14.0. The third-order valence-corrected chi connectivity index (χ3v) is 4.30. The highest BCUT2D eigenvalue weighted by Gasteiger charge is 2.29. The van der Waals surface area contributed by atoms with E-state index in [2.05, 4.69) is 4.99 Å². The summed E-state index contributed by atoms with van der Waals surface area (Å²) in [5, 5.41) is 0. The average Bonchev–Trinajstić information content (AvgIpc) is 3.16. The summed E-state index contributed by atoms with van der Waals surface area (Å²) in [5.74, 6) is -1.34. The van der Waals surface area contributed by atoms with Gasteiger partial charge in [0.15, 0.2) is 10.6 Å². The minimum absolute atomic E-state index is 0.0249. The SMILES string of the molecule is CCCn1c(=NC(=O)C2CC2)sc2cc(F)cc(F)c21. The first-order valence-electron chi connectivity index (χ1n) is 6.67. The van der Waals surface area contributed by atoms with Crippen LogP contribution in [0.4, 0.5) is 8.78 Å². The molecule has 3 nitrogen and oxygen atoms in total. The standard InChI is InChI=1S/C14H14F2N2OS/c1-2-5-18-12-10(16)6-9(15)7-11(12)20-14(18)17-13(19)8-3-4-8/h6-8H,2-5H2,1H3. The normalized spacial score (nSPS) is 16.1. The highest BCUT2D eigenvalue weighted by atomic mass is 32.1. The number of hydrogen-bond acceptors (Lipinski definition) is 2. The summed E-state index contributed by atoms with van der Waals surface area (Å²) >= 11 is 1.16. The first kappa shape index (κ1) is 13.4. The lowest BCUT2D eigenvalue weighted by Gasteiger charge is -2.03. The van der Waals surface area contributed by atoms with Gasteiger partial charge in [-0.25, -0.2) is 8.78 Å². The summed E-state index contributed by atoms with van der Waals surface area (Å²) in [6.45, 7) is 2.52. The van der Waals surface area contributed by atoms with E-state index in [9.17, 15) is 13.6 Å². The Morgan fingerprint density at radius 2 is 2.20 bits per heavy atom. The van der Waals surface area contributed by atoms with Crippen LogP contribution >= 0.6 is 11.3 Å². The van der Waals surface area contributed by atoms with Crippen LogP contribution in [0.1, 0.15) is 26.2 Å². The van der Waals surface area contributed by atoms with Crippen molar-refractivity contribution < 1.29 is 13.6 Å². The molecule has 2 aromatic rings. The topological polar surface area (TPSA) is 34.4 Å². The molecule has 0 spiro atoms. The number of nitrogens with zero attached hydrogens (tertiary/aromatic N) is 2. The Labute approximate surface area is 118 Å². The van der Waals surface area contributed by atoms with Crippen molar-refractivity contribution in [2.75, 3.05) is 0 Å². The number of hydrogen-bond donors (Lipinski definition) is 0. The molecule has 1 amide bonds. The van der Waals surface area contributed by atoms with E-state index in [0.717, 1.165) is 36.7 Å². The Bertz CT molecular complexity index is 743. The summed E-state index contributed by atoms with van der Waals surface area (Å²) in [6.07, 6.45) is 2.54. The molecule has 106 valence electrons. The largest absolute Gasteiger partial charge is 0.314 e. The predicted molar refractivity (Wildman–Crippen MR) is 73.3 cm³/mol. The molecule has 1 aromatic carbocycles. The quantitative estimate of drug-likeness (QED) is 0.856. The maximum atomic E-state index is 14.0. The fourth-order valence-corrected chi connectivity index (χ4v) is 3.26. The van der Waals surface area contributed by atoms with E-state index in [1.807, 2.05) is 6.92 Å². The van der Waals surface area contributed by atoms with E-state index < -0.39 is 11.6 Å². The molecule has 0 radical (unpaired) electrons. The van der Waals surface area contributed by atoms with Gasteiger partial charge in [0.2, 0.25) is 0 Å². The molecule has 1 saturated carbocycles. The van der Waals surface area contributed by atoms with Gasteiger partial charge >= 0.3 is 0 Å². The van der Waals surface area contributed by atoms with Crippen molar-refractivity contribution in [1.29, 1.82) is 0 Å². The van der Waals surface area contributed by atoms with Crippen molar-refractivity contribution >= 4 is 27.5 Å². The highest BCUT2D eigenvalue weighted by Crippen LogP contribution is 2.30. The molecular weight excluding hydrogens is 282 g/mol. The van der Waals surface area contributed by atoms with E-state index in [1.54, 1.807) is 4.57 Å². The van der Waals surface area contributed by atoms with Gasteiger partial charge in [0.05, 0.1) is 10.2 Å². The van der Waals surface area contributed by atoms with Gasteiger partial charge in [0, 0.05) is 18.5 Å². The zero-order chi connectivity index (χ0) is 14.3. The van der Waals surface area contributed by atoms with Crippen molar-refractivity contribution in [2.24, 2.45) is 10.9 Å². The van der Waals surface area contributed by atoms with Crippen LogP contribution in [0.3, 0.4) is 0 Å². The minimum Gasteiger partial charge on any atom is -0.314 e. The second-order valence-electron chi connectivity index (χ2n) is 4.99. The number of fused-ring (bicyclic) bond motifs is 1. The maximum Gasteiger partial charge on any atom is 0.251 e. The summed E-state index contributed by atoms with van der Waals surface area (Å²) in [5.41, 5.74) is 0.334. The molecule has 1 aromatic heterocycles. The van der Waals surface area contributed by atoms with Crippen LogP contribution in [0.2, 0.25) is 0 Å². The molecular formula is C14H14F2N2OS. The molecule has 0 aliphatic heterocycles. The average molecular weight is 296 g/mol. The van der Waals surface area contributed by atoms with E-state index in [0.29, 0.717) is 21.6 Å². The van der Waals surface area contributed by atoms with E-state index in [-0.39, 0.29) is 11.8 Å². The molecule has 0 unspecified atom stereocenters. The van der Waals surface area contributed by atoms with E-state index >= 15 is 0 Å². The Hall–Kier alpha value is -1.56. The third-order valence-electron chi connectivity index (χ3n) is 3.27. The molecule has 1 fully saturated rings. The Balaban J connectivity index is 2.22. The molecule has 0 saturated heterocycles. The van der Waals surface area contributed by atoms with Gasteiger partial charge in [-0.1, -0.05) is 18.3 Å². The monoisotopic (exact) mass is 296 g/mol. The van der Waals surface area contributed by atoms with Crippen LogP contribution in [0.25, 0.3) is 10.2 Å². The Morgan fingerprint density at radius 1 is 1.45 bits per heavy atom. The first-order chi connectivity index (χ1) is 9.60. The first-order valence-corrected chi connectivity index (χ1v) is 7.48. The molecule has 0 N–H and O–H groups in total. The lowest BCUT2D eigenvalue weighted by Crippen LogP contribution is -2.17. The molecule has 20 heavy (non-hydrogen) atoms. The molecule has 6 heteroatoms. The highest BCUT2D eigenvalue weighted by molar-refractivity contribution is 7.16. The number of thiazole rings is 1. The van der Waals surface area contributed by atoms with Gasteiger partial charge in [-0.2, -0.15) is 4.99 Å². The number of aromatic nitrogens is 1. The Morgan fingerprint density at radius 3 is 2.85 bits per heavy atom. The molecule has 0 bridgehead atoms. The smallest absolute Gasteiger partial charge is 0.251 e. The number of halogens is 2. The summed E-state index contributed by atoms with van der Waals surface area (Å²) in [4.78, 5) is 16.4. The van der Waals surface area contributed by atoms with Gasteiger partial charge in [-0.15, -0.1) is 0 Å². The van der Waals surface area contributed by atoms with Crippen LogP contribution in [0.5, 0.6) is 0 Å². The van der Waals surface area contributed by atoms with Gasteiger partial charge in [0.25, 0.3) is 5.91 Å². The van der Waals surface area contributed by atoms with E-state index in [4.69, 9.17) is 0 Å². The van der Waals surface area contributed by atoms with Crippen LogP contribution in [0.15, 0.2) is 17.1 Å². The fourth-order valence-electron chi connectivity index (χ4n) is 2.16. The van der Waals surface area contributed by atoms with E-state index in [1.165, 1.54) is 6.07 Å². The molecule has 0 atom stereocenters. The van der Waals surface area contributed by atoms with Gasteiger partial charge in [0.1, 0.15) is 5.82 Å². The zero-order valence-electron chi connectivity index (χ0n) is 11.0. The number of carbonyl (C=O) groups excluding carboxylic acids is 1. The van der Waals surface area contributed by atoms with Crippen molar-refractivity contribution in [3.8, 4) is 0 Å².